The molecule has 0 fully saturated rings. The van der Waals surface area contributed by atoms with Crippen LogP contribution < -0.4 is 10.6 Å². The van der Waals surface area contributed by atoms with Gasteiger partial charge < -0.3 is 20.1 Å². The Morgan fingerprint density at radius 2 is 1.80 bits per heavy atom. The number of nitrogens with one attached hydrogen (secondary N) is 2. The molecule has 1 aromatic carbocycles. The summed E-state index contributed by atoms with van der Waals surface area (Å²) >= 11 is 0. The van der Waals surface area contributed by atoms with E-state index in [1.165, 1.54) is 11.1 Å². The van der Waals surface area contributed by atoms with Gasteiger partial charge in [0.05, 0.1) is 18.8 Å². The first kappa shape index (κ1) is 24.1. The van der Waals surface area contributed by atoms with Gasteiger partial charge in [0.25, 0.3) is 0 Å². The molecule has 25 heavy (non-hydrogen) atoms. The number of guanidine groups is 1. The second-order valence-electron chi connectivity index (χ2n) is 6.33. The molecule has 0 spiro atoms. The van der Waals surface area contributed by atoms with Crippen LogP contribution in [0.1, 0.15) is 45.2 Å². The molecule has 0 aromatic heterocycles. The van der Waals surface area contributed by atoms with Crippen molar-refractivity contribution in [3.05, 3.63) is 35.4 Å². The summed E-state index contributed by atoms with van der Waals surface area (Å²) in [6.45, 7) is 11.8. The maximum Gasteiger partial charge on any atom is 0.191 e. The van der Waals surface area contributed by atoms with Crippen molar-refractivity contribution in [2.75, 3.05) is 26.8 Å². The Morgan fingerprint density at radius 3 is 2.40 bits per heavy atom. The van der Waals surface area contributed by atoms with Crippen molar-refractivity contribution in [2.24, 2.45) is 4.99 Å². The lowest BCUT2D eigenvalue weighted by molar-refractivity contribution is 0.0268. The van der Waals surface area contributed by atoms with Gasteiger partial charge in [0.2, 0.25) is 0 Å². The molecular formula is C19H34IN3O2. The molecule has 0 saturated heterocycles. The highest BCUT2D eigenvalue weighted by Crippen LogP contribution is 2.12. The number of hydrogen-bond acceptors (Lipinski definition) is 3. The molecular weight excluding hydrogens is 429 g/mol. The fourth-order valence-corrected chi connectivity index (χ4v) is 2.05. The van der Waals surface area contributed by atoms with E-state index in [-0.39, 0.29) is 29.6 Å². The Morgan fingerprint density at radius 1 is 1.12 bits per heavy atom. The lowest BCUT2D eigenvalue weighted by atomic mass is 10.1. The zero-order valence-electron chi connectivity index (χ0n) is 16.2. The van der Waals surface area contributed by atoms with Crippen molar-refractivity contribution < 1.29 is 9.47 Å². The van der Waals surface area contributed by atoms with E-state index in [4.69, 9.17) is 14.5 Å². The first-order valence-corrected chi connectivity index (χ1v) is 8.74. The van der Waals surface area contributed by atoms with E-state index >= 15 is 0 Å². The number of hydrogen-bond donors (Lipinski definition) is 2. The summed E-state index contributed by atoms with van der Waals surface area (Å²) in [6.07, 6.45) is 1.03. The van der Waals surface area contributed by atoms with Gasteiger partial charge in [-0.15, -0.1) is 24.0 Å². The fourth-order valence-electron chi connectivity index (χ4n) is 2.05. The maximum atomic E-state index is 5.67. The summed E-state index contributed by atoms with van der Waals surface area (Å²) in [4.78, 5) is 4.69. The smallest absolute Gasteiger partial charge is 0.191 e. The molecule has 0 radical (unpaired) electrons. The van der Waals surface area contributed by atoms with Crippen LogP contribution in [0.3, 0.4) is 0 Å². The fraction of sp³-hybridized carbons (Fsp3) is 0.632. The number of nitrogens with zero attached hydrogens (tertiary/aromatic N) is 1. The predicted molar refractivity (Wildman–Crippen MR) is 116 cm³/mol. The van der Waals surface area contributed by atoms with E-state index in [1.54, 1.807) is 7.11 Å². The normalized spacial score (nSPS) is 11.8. The number of halogens is 1. The largest absolute Gasteiger partial charge is 0.377 e. The highest BCUT2D eigenvalue weighted by atomic mass is 127. The molecule has 0 aliphatic carbocycles. The average Bonchev–Trinajstić information content (AvgIpc) is 2.58. The van der Waals surface area contributed by atoms with E-state index < -0.39 is 0 Å². The Bertz CT molecular complexity index is 507. The third-order valence-corrected chi connectivity index (χ3v) is 3.71. The van der Waals surface area contributed by atoms with Gasteiger partial charge in [-0.05, 0) is 38.3 Å². The highest BCUT2D eigenvalue weighted by molar-refractivity contribution is 14.0. The molecule has 5 nitrogen and oxygen atoms in total. The van der Waals surface area contributed by atoms with Crippen molar-refractivity contribution in [1.29, 1.82) is 0 Å². The lowest BCUT2D eigenvalue weighted by Crippen LogP contribution is -2.45. The van der Waals surface area contributed by atoms with E-state index in [0.29, 0.717) is 19.7 Å². The third-order valence-electron chi connectivity index (χ3n) is 3.71. The number of methoxy groups -OCH3 is 1. The van der Waals surface area contributed by atoms with Crippen molar-refractivity contribution in [3.8, 4) is 0 Å². The summed E-state index contributed by atoms with van der Waals surface area (Å²) in [6, 6.07) is 8.30. The minimum Gasteiger partial charge on any atom is -0.377 e. The van der Waals surface area contributed by atoms with Gasteiger partial charge in [0, 0.05) is 26.8 Å². The number of ether oxygens (including phenoxy) is 2. The van der Waals surface area contributed by atoms with Crippen LogP contribution in [0.25, 0.3) is 0 Å². The van der Waals surface area contributed by atoms with Crippen LogP contribution in [0.4, 0.5) is 0 Å². The standard InChI is InChI=1S/C19H33N3O2.HI/c1-6-12-24-14-17-11-9-8-10-16(17)13-21-18(20-7-2)22-15-19(3,4)23-5;/h8-11H,6-7,12-15H2,1-5H3,(H2,20,21,22);1H. The first-order chi connectivity index (χ1) is 11.5. The van der Waals surface area contributed by atoms with E-state index in [2.05, 4.69) is 36.6 Å². The molecule has 2 N–H and O–H groups in total. The minimum atomic E-state index is -0.234. The Balaban J connectivity index is 0.00000576. The second kappa shape index (κ2) is 13.4. The Hall–Kier alpha value is -0.860. The van der Waals surface area contributed by atoms with Gasteiger partial charge in [-0.25, -0.2) is 4.99 Å². The van der Waals surface area contributed by atoms with E-state index in [0.717, 1.165) is 25.5 Å². The quantitative estimate of drug-likeness (QED) is 0.241. The number of aliphatic imine (C=N–C) groups is 1. The average molecular weight is 463 g/mol. The van der Waals surface area contributed by atoms with Gasteiger partial charge >= 0.3 is 0 Å². The van der Waals surface area contributed by atoms with Crippen molar-refractivity contribution in [3.63, 3.8) is 0 Å². The molecule has 0 amide bonds. The molecule has 0 aliphatic rings. The lowest BCUT2D eigenvalue weighted by Gasteiger charge is -2.24. The summed E-state index contributed by atoms with van der Waals surface area (Å²) in [5.41, 5.74) is 2.15. The molecule has 6 heteroatoms. The van der Waals surface area contributed by atoms with Gasteiger partial charge in [0.1, 0.15) is 0 Å². The number of benzene rings is 1. The molecule has 0 bridgehead atoms. The van der Waals surface area contributed by atoms with Crippen LogP contribution in [-0.4, -0.2) is 38.4 Å². The Labute approximate surface area is 170 Å². The van der Waals surface area contributed by atoms with Gasteiger partial charge in [0.15, 0.2) is 5.96 Å². The number of rotatable bonds is 10. The molecule has 0 atom stereocenters. The molecule has 1 rings (SSSR count). The molecule has 0 saturated carbocycles. The van der Waals surface area contributed by atoms with Crippen LogP contribution in [0.5, 0.6) is 0 Å². The van der Waals surface area contributed by atoms with E-state index in [1.807, 2.05) is 26.0 Å². The summed E-state index contributed by atoms with van der Waals surface area (Å²) in [5, 5.41) is 6.61. The van der Waals surface area contributed by atoms with Gasteiger partial charge in [-0.3, -0.25) is 0 Å². The van der Waals surface area contributed by atoms with Crippen LogP contribution >= 0.6 is 24.0 Å². The predicted octanol–water partition coefficient (Wildman–Crippen LogP) is 3.71. The summed E-state index contributed by atoms with van der Waals surface area (Å²) < 4.78 is 11.1. The van der Waals surface area contributed by atoms with Crippen LogP contribution in [-0.2, 0) is 22.6 Å². The molecule has 1 aromatic rings. The van der Waals surface area contributed by atoms with Crippen LogP contribution in [0, 0.1) is 0 Å². The minimum absolute atomic E-state index is 0. The second-order valence-corrected chi connectivity index (χ2v) is 6.33. The van der Waals surface area contributed by atoms with Gasteiger partial charge in [-0.2, -0.15) is 0 Å². The molecule has 0 aliphatic heterocycles. The monoisotopic (exact) mass is 463 g/mol. The highest BCUT2D eigenvalue weighted by Gasteiger charge is 2.16. The molecule has 144 valence electrons. The van der Waals surface area contributed by atoms with Crippen molar-refractivity contribution in [1.82, 2.24) is 10.6 Å². The summed E-state index contributed by atoms with van der Waals surface area (Å²) in [5.74, 6) is 0.798. The summed E-state index contributed by atoms with van der Waals surface area (Å²) in [7, 11) is 1.72. The van der Waals surface area contributed by atoms with Gasteiger partial charge in [-0.1, -0.05) is 31.2 Å². The SMILES string of the molecule is CCCOCc1ccccc1CN=C(NCC)NCC(C)(C)OC.I. The zero-order chi connectivity index (χ0) is 17.8. The van der Waals surface area contributed by atoms with Crippen LogP contribution in [0.15, 0.2) is 29.3 Å². The van der Waals surface area contributed by atoms with E-state index in [9.17, 15) is 0 Å². The van der Waals surface area contributed by atoms with Crippen molar-refractivity contribution >= 4 is 29.9 Å². The van der Waals surface area contributed by atoms with Crippen molar-refractivity contribution in [2.45, 2.75) is 52.9 Å². The maximum absolute atomic E-state index is 5.67. The Kier molecular flexibility index (Phi) is 12.9. The molecule has 0 heterocycles. The molecule has 0 unspecified atom stereocenters. The topological polar surface area (TPSA) is 54.9 Å². The zero-order valence-corrected chi connectivity index (χ0v) is 18.6. The third kappa shape index (κ3) is 10.0. The van der Waals surface area contributed by atoms with Crippen LogP contribution in [0.2, 0.25) is 0 Å². The first-order valence-electron chi connectivity index (χ1n) is 8.74.